The molecule has 2 aromatic rings. The highest BCUT2D eigenvalue weighted by Gasteiger charge is 2.30. The lowest BCUT2D eigenvalue weighted by atomic mass is 10.1. The lowest BCUT2D eigenvalue weighted by Crippen LogP contribution is -2.07. The highest BCUT2D eigenvalue weighted by atomic mass is 16.5. The Kier molecular flexibility index (Phi) is 4.21. The maximum absolute atomic E-state index is 12.5. The van der Waals surface area contributed by atoms with Gasteiger partial charge >= 0.3 is 0 Å². The largest absolute Gasteiger partial charge is 0.485 e. The number of hydrogen-bond donors (Lipinski definition) is 0. The zero-order valence-electron chi connectivity index (χ0n) is 13.9. The summed E-state index contributed by atoms with van der Waals surface area (Å²) in [5.74, 6) is 1.13. The average Bonchev–Trinajstić information content (AvgIpc) is 2.86. The van der Waals surface area contributed by atoms with E-state index in [-0.39, 0.29) is 18.2 Å². The van der Waals surface area contributed by atoms with E-state index in [9.17, 15) is 9.59 Å². The minimum absolute atomic E-state index is 0.000361. The van der Waals surface area contributed by atoms with Gasteiger partial charge in [0.15, 0.2) is 11.5 Å². The van der Waals surface area contributed by atoms with Gasteiger partial charge in [-0.3, -0.25) is 9.59 Å². The van der Waals surface area contributed by atoms with E-state index in [0.717, 1.165) is 16.7 Å². The third-order valence-corrected chi connectivity index (χ3v) is 3.84. The second-order valence-corrected chi connectivity index (χ2v) is 5.91. The van der Waals surface area contributed by atoms with Crippen molar-refractivity contribution < 1.29 is 19.1 Å². The van der Waals surface area contributed by atoms with Crippen LogP contribution in [0, 0.1) is 13.8 Å². The van der Waals surface area contributed by atoms with Crippen LogP contribution in [-0.4, -0.2) is 18.2 Å². The zero-order chi connectivity index (χ0) is 17.3. The van der Waals surface area contributed by atoms with E-state index in [2.05, 4.69) is 0 Å². The molecule has 0 spiro atoms. The second kappa shape index (κ2) is 6.32. The first-order valence-electron chi connectivity index (χ1n) is 7.72. The van der Waals surface area contributed by atoms with Crippen molar-refractivity contribution in [2.45, 2.75) is 20.8 Å². The van der Waals surface area contributed by atoms with E-state index >= 15 is 0 Å². The average molecular weight is 322 g/mol. The molecule has 0 amide bonds. The fourth-order valence-corrected chi connectivity index (χ4v) is 2.52. The minimum atomic E-state index is -0.146. The molecule has 1 heterocycles. The summed E-state index contributed by atoms with van der Waals surface area (Å²) in [6.45, 7) is 5.29. The van der Waals surface area contributed by atoms with Crippen LogP contribution in [0.4, 0.5) is 0 Å². The number of carbonyl (C=O) groups is 2. The number of benzene rings is 2. The molecule has 0 saturated carbocycles. The van der Waals surface area contributed by atoms with Crippen molar-refractivity contribution in [3.05, 3.63) is 64.4 Å². The molecule has 0 aliphatic carbocycles. The molecule has 0 saturated heterocycles. The number of rotatable bonds is 4. The van der Waals surface area contributed by atoms with Crippen LogP contribution in [-0.2, 0) is 4.79 Å². The molecule has 3 rings (SSSR count). The fraction of sp³-hybridized carbons (Fsp3) is 0.200. The van der Waals surface area contributed by atoms with Crippen molar-refractivity contribution in [1.29, 1.82) is 0 Å². The molecule has 24 heavy (non-hydrogen) atoms. The monoisotopic (exact) mass is 322 g/mol. The molecule has 0 aromatic heterocycles. The number of hydrogen-bond acceptors (Lipinski definition) is 4. The quantitative estimate of drug-likeness (QED) is 0.801. The fourth-order valence-electron chi connectivity index (χ4n) is 2.52. The van der Waals surface area contributed by atoms with Gasteiger partial charge in [-0.15, -0.1) is 0 Å². The third-order valence-electron chi connectivity index (χ3n) is 3.84. The highest BCUT2D eigenvalue weighted by Crippen LogP contribution is 2.39. The smallest absolute Gasteiger partial charge is 0.231 e. The van der Waals surface area contributed by atoms with Crippen molar-refractivity contribution in [2.75, 3.05) is 6.61 Å². The SMILES string of the molecule is CC(=O)COc1ccc2c(c1C)O/C(=C\c1ccc(C)cc1)C2=O. The minimum Gasteiger partial charge on any atom is -0.485 e. The second-order valence-electron chi connectivity index (χ2n) is 5.91. The van der Waals surface area contributed by atoms with E-state index in [1.54, 1.807) is 18.2 Å². The van der Waals surface area contributed by atoms with Crippen LogP contribution in [0.5, 0.6) is 11.5 Å². The molecule has 0 bridgehead atoms. The molecule has 1 aliphatic heterocycles. The normalized spacial score (nSPS) is 14.5. The summed E-state index contributed by atoms with van der Waals surface area (Å²) < 4.78 is 11.2. The van der Waals surface area contributed by atoms with Gasteiger partial charge in [0.05, 0.1) is 5.56 Å². The molecule has 4 nitrogen and oxygen atoms in total. The lowest BCUT2D eigenvalue weighted by Gasteiger charge is -2.10. The molecule has 2 aromatic carbocycles. The Balaban J connectivity index is 1.90. The van der Waals surface area contributed by atoms with Crippen LogP contribution in [0.3, 0.4) is 0 Å². The number of fused-ring (bicyclic) bond motifs is 1. The predicted molar refractivity (Wildman–Crippen MR) is 91.5 cm³/mol. The van der Waals surface area contributed by atoms with Gasteiger partial charge < -0.3 is 9.47 Å². The number of Topliss-reactive ketones (excluding diaryl/α,β-unsaturated/α-hetero) is 2. The van der Waals surface area contributed by atoms with Gasteiger partial charge in [-0.2, -0.15) is 0 Å². The first kappa shape index (κ1) is 16.0. The molecule has 4 heteroatoms. The lowest BCUT2D eigenvalue weighted by molar-refractivity contribution is -0.118. The summed E-state index contributed by atoms with van der Waals surface area (Å²) in [4.78, 5) is 23.6. The van der Waals surface area contributed by atoms with Crippen molar-refractivity contribution in [2.24, 2.45) is 0 Å². The van der Waals surface area contributed by atoms with Crippen LogP contribution >= 0.6 is 0 Å². The van der Waals surface area contributed by atoms with Gasteiger partial charge in [-0.25, -0.2) is 0 Å². The van der Waals surface area contributed by atoms with Gasteiger partial charge in [0.2, 0.25) is 5.78 Å². The highest BCUT2D eigenvalue weighted by molar-refractivity contribution is 6.14. The van der Waals surface area contributed by atoms with Crippen LogP contribution in [0.2, 0.25) is 0 Å². The summed E-state index contributed by atoms with van der Waals surface area (Å²) in [5.41, 5.74) is 3.29. The summed E-state index contributed by atoms with van der Waals surface area (Å²) >= 11 is 0. The van der Waals surface area contributed by atoms with E-state index in [1.807, 2.05) is 38.1 Å². The molecule has 0 atom stereocenters. The Morgan fingerprint density at radius 2 is 1.83 bits per heavy atom. The third kappa shape index (κ3) is 3.08. The standard InChI is InChI=1S/C20H18O4/c1-12-4-6-15(7-5-12)10-18-19(22)16-8-9-17(23-11-13(2)21)14(3)20(16)24-18/h4-10H,11H2,1-3H3/b18-10-. The maximum atomic E-state index is 12.5. The van der Waals surface area contributed by atoms with Crippen molar-refractivity contribution in [1.82, 2.24) is 0 Å². The molecular formula is C20H18O4. The van der Waals surface area contributed by atoms with Gasteiger partial charge in [0, 0.05) is 5.56 Å². The molecule has 0 fully saturated rings. The van der Waals surface area contributed by atoms with Crippen LogP contribution < -0.4 is 9.47 Å². The predicted octanol–water partition coefficient (Wildman–Crippen LogP) is 3.89. The Bertz CT molecular complexity index is 845. The number of ether oxygens (including phenoxy) is 2. The number of aryl methyl sites for hydroxylation is 1. The van der Waals surface area contributed by atoms with E-state index in [4.69, 9.17) is 9.47 Å². The van der Waals surface area contributed by atoms with Crippen LogP contribution in [0.1, 0.15) is 34.0 Å². The van der Waals surface area contributed by atoms with Gasteiger partial charge in [-0.1, -0.05) is 29.8 Å². The van der Waals surface area contributed by atoms with Gasteiger partial charge in [-0.05, 0) is 44.5 Å². The number of allylic oxidation sites excluding steroid dienone is 1. The number of ketones is 2. The first-order chi connectivity index (χ1) is 11.5. The Hall–Kier alpha value is -2.88. The van der Waals surface area contributed by atoms with E-state index < -0.39 is 0 Å². The van der Waals surface area contributed by atoms with Crippen molar-refractivity contribution in [3.63, 3.8) is 0 Å². The summed E-state index contributed by atoms with van der Waals surface area (Å²) in [6, 6.07) is 11.2. The number of carbonyl (C=O) groups excluding carboxylic acids is 2. The summed E-state index contributed by atoms with van der Waals surface area (Å²) in [5, 5.41) is 0. The Morgan fingerprint density at radius 1 is 1.12 bits per heavy atom. The Morgan fingerprint density at radius 3 is 2.50 bits per heavy atom. The molecular weight excluding hydrogens is 304 g/mol. The molecule has 0 unspecified atom stereocenters. The van der Waals surface area contributed by atoms with Crippen LogP contribution in [0.15, 0.2) is 42.2 Å². The summed E-state index contributed by atoms with van der Waals surface area (Å²) in [6.07, 6.45) is 1.73. The molecule has 0 N–H and O–H groups in total. The van der Waals surface area contributed by atoms with Gasteiger partial charge in [0.1, 0.15) is 18.1 Å². The Labute approximate surface area is 140 Å². The topological polar surface area (TPSA) is 52.6 Å². The molecule has 0 radical (unpaired) electrons. The van der Waals surface area contributed by atoms with Crippen molar-refractivity contribution >= 4 is 17.6 Å². The van der Waals surface area contributed by atoms with Gasteiger partial charge in [0.25, 0.3) is 0 Å². The maximum Gasteiger partial charge on any atom is 0.231 e. The molecule has 1 aliphatic rings. The van der Waals surface area contributed by atoms with E-state index in [1.165, 1.54) is 6.92 Å². The molecule has 122 valence electrons. The first-order valence-corrected chi connectivity index (χ1v) is 7.72. The summed E-state index contributed by atoms with van der Waals surface area (Å²) in [7, 11) is 0. The van der Waals surface area contributed by atoms with Crippen LogP contribution in [0.25, 0.3) is 6.08 Å². The zero-order valence-corrected chi connectivity index (χ0v) is 13.9. The van der Waals surface area contributed by atoms with Crippen molar-refractivity contribution in [3.8, 4) is 11.5 Å². The van der Waals surface area contributed by atoms with E-state index in [0.29, 0.717) is 22.8 Å².